The SMILES string of the molecule is CN(CC1CCCO1)C(=O)C(C)(C)C(C)(C)N. The van der Waals surface area contributed by atoms with Crippen LogP contribution in [0.1, 0.15) is 40.5 Å². The summed E-state index contributed by atoms with van der Waals surface area (Å²) in [6.07, 6.45) is 2.34. The van der Waals surface area contributed by atoms with Gasteiger partial charge in [0.15, 0.2) is 0 Å². The molecule has 0 aromatic carbocycles. The summed E-state index contributed by atoms with van der Waals surface area (Å²) in [5.74, 6) is 0.0838. The normalized spacial score (nSPS) is 21.6. The van der Waals surface area contributed by atoms with Crippen molar-refractivity contribution in [2.45, 2.75) is 52.2 Å². The van der Waals surface area contributed by atoms with Gasteiger partial charge >= 0.3 is 0 Å². The molecule has 0 aromatic rings. The first kappa shape index (κ1) is 14.5. The van der Waals surface area contributed by atoms with Crippen molar-refractivity contribution in [2.24, 2.45) is 11.1 Å². The predicted octanol–water partition coefficient (Wildman–Crippen LogP) is 1.39. The van der Waals surface area contributed by atoms with Gasteiger partial charge < -0.3 is 15.4 Å². The Morgan fingerprint density at radius 1 is 1.41 bits per heavy atom. The molecule has 1 heterocycles. The summed E-state index contributed by atoms with van der Waals surface area (Å²) in [6.45, 7) is 9.08. The molecule has 1 aliphatic heterocycles. The van der Waals surface area contributed by atoms with E-state index in [1.165, 1.54) is 0 Å². The van der Waals surface area contributed by atoms with Crippen molar-refractivity contribution in [2.75, 3.05) is 20.2 Å². The van der Waals surface area contributed by atoms with E-state index < -0.39 is 11.0 Å². The van der Waals surface area contributed by atoms with Crippen LogP contribution in [0.4, 0.5) is 0 Å². The minimum absolute atomic E-state index is 0.0838. The van der Waals surface area contributed by atoms with Gasteiger partial charge in [0.1, 0.15) is 0 Å². The standard InChI is InChI=1S/C13H26N2O2/c1-12(2,13(3,4)14)11(16)15(5)9-10-7-6-8-17-10/h10H,6-9,14H2,1-5H3. The average molecular weight is 242 g/mol. The van der Waals surface area contributed by atoms with E-state index in [4.69, 9.17) is 10.5 Å². The highest BCUT2D eigenvalue weighted by molar-refractivity contribution is 5.83. The van der Waals surface area contributed by atoms with Crippen molar-refractivity contribution in [1.29, 1.82) is 0 Å². The Hall–Kier alpha value is -0.610. The Morgan fingerprint density at radius 2 is 2.00 bits per heavy atom. The minimum atomic E-state index is -0.569. The predicted molar refractivity (Wildman–Crippen MR) is 68.7 cm³/mol. The van der Waals surface area contributed by atoms with Crippen LogP contribution in [0.25, 0.3) is 0 Å². The van der Waals surface area contributed by atoms with Crippen molar-refractivity contribution in [1.82, 2.24) is 4.90 Å². The molecule has 1 fully saturated rings. The van der Waals surface area contributed by atoms with Crippen molar-refractivity contribution >= 4 is 5.91 Å². The van der Waals surface area contributed by atoms with E-state index in [1.807, 2.05) is 34.7 Å². The number of ether oxygens (including phenoxy) is 1. The van der Waals surface area contributed by atoms with Gasteiger partial charge in [-0.3, -0.25) is 4.79 Å². The van der Waals surface area contributed by atoms with Crippen LogP contribution in [0.3, 0.4) is 0 Å². The Bertz CT molecular complexity index is 276. The molecule has 1 rings (SSSR count). The maximum absolute atomic E-state index is 12.4. The third-order valence-corrected chi connectivity index (χ3v) is 3.99. The molecule has 1 atom stereocenters. The molecular weight excluding hydrogens is 216 g/mol. The number of likely N-dealkylation sites (N-methyl/N-ethyl adjacent to an activating group) is 1. The molecule has 4 nitrogen and oxygen atoms in total. The highest BCUT2D eigenvalue weighted by Gasteiger charge is 2.42. The number of rotatable bonds is 4. The van der Waals surface area contributed by atoms with Crippen LogP contribution in [0.2, 0.25) is 0 Å². The lowest BCUT2D eigenvalue weighted by molar-refractivity contribution is -0.143. The summed E-state index contributed by atoms with van der Waals surface area (Å²) in [6, 6.07) is 0. The van der Waals surface area contributed by atoms with E-state index in [-0.39, 0.29) is 12.0 Å². The topological polar surface area (TPSA) is 55.6 Å². The maximum atomic E-state index is 12.4. The molecule has 0 radical (unpaired) electrons. The van der Waals surface area contributed by atoms with E-state index in [1.54, 1.807) is 4.90 Å². The minimum Gasteiger partial charge on any atom is -0.376 e. The number of carbonyl (C=O) groups is 1. The second kappa shape index (κ2) is 4.94. The van der Waals surface area contributed by atoms with Crippen molar-refractivity contribution < 1.29 is 9.53 Å². The van der Waals surface area contributed by atoms with Crippen molar-refractivity contribution in [3.8, 4) is 0 Å². The lowest BCUT2D eigenvalue weighted by Gasteiger charge is -2.40. The van der Waals surface area contributed by atoms with Gasteiger partial charge in [0, 0.05) is 25.7 Å². The summed E-state index contributed by atoms with van der Waals surface area (Å²) >= 11 is 0. The third-order valence-electron chi connectivity index (χ3n) is 3.99. The lowest BCUT2D eigenvalue weighted by atomic mass is 9.74. The van der Waals surface area contributed by atoms with Crippen LogP contribution in [0.5, 0.6) is 0 Å². The first-order valence-corrected chi connectivity index (χ1v) is 6.32. The van der Waals surface area contributed by atoms with E-state index in [2.05, 4.69) is 0 Å². The Labute approximate surface area is 104 Å². The van der Waals surface area contributed by atoms with E-state index in [0.717, 1.165) is 19.4 Å². The zero-order valence-electron chi connectivity index (χ0n) is 11.7. The van der Waals surface area contributed by atoms with Crippen LogP contribution < -0.4 is 5.73 Å². The molecule has 4 heteroatoms. The molecule has 1 unspecified atom stereocenters. The largest absolute Gasteiger partial charge is 0.376 e. The van der Waals surface area contributed by atoms with Crippen LogP contribution in [0, 0.1) is 5.41 Å². The summed E-state index contributed by atoms with van der Waals surface area (Å²) in [4.78, 5) is 14.1. The van der Waals surface area contributed by atoms with Gasteiger partial charge in [0.05, 0.1) is 11.5 Å². The molecule has 1 saturated heterocycles. The zero-order chi connectivity index (χ0) is 13.3. The molecule has 17 heavy (non-hydrogen) atoms. The fraction of sp³-hybridized carbons (Fsp3) is 0.923. The van der Waals surface area contributed by atoms with Crippen LogP contribution in [-0.4, -0.2) is 42.6 Å². The third kappa shape index (κ3) is 3.19. The molecule has 0 saturated carbocycles. The number of hydrogen-bond acceptors (Lipinski definition) is 3. The van der Waals surface area contributed by atoms with Gasteiger partial charge in [-0.25, -0.2) is 0 Å². The number of nitrogens with zero attached hydrogens (tertiary/aromatic N) is 1. The highest BCUT2D eigenvalue weighted by atomic mass is 16.5. The quantitative estimate of drug-likeness (QED) is 0.810. The second-order valence-corrected chi connectivity index (χ2v) is 6.17. The summed E-state index contributed by atoms with van der Waals surface area (Å²) < 4.78 is 5.55. The highest BCUT2D eigenvalue weighted by Crippen LogP contribution is 2.30. The first-order chi connectivity index (χ1) is 7.66. The molecule has 1 amide bonds. The average Bonchev–Trinajstić information content (AvgIpc) is 2.67. The van der Waals surface area contributed by atoms with Gasteiger partial charge in [0.2, 0.25) is 5.91 Å². The molecule has 0 spiro atoms. The number of carbonyl (C=O) groups excluding carboxylic acids is 1. The van der Waals surface area contributed by atoms with Crippen LogP contribution in [-0.2, 0) is 9.53 Å². The van der Waals surface area contributed by atoms with Gasteiger partial charge in [-0.1, -0.05) is 0 Å². The number of hydrogen-bond donors (Lipinski definition) is 1. The molecule has 0 aromatic heterocycles. The number of amides is 1. The summed E-state index contributed by atoms with van der Waals surface area (Å²) in [5.41, 5.74) is 4.98. The molecule has 0 aliphatic carbocycles. The van der Waals surface area contributed by atoms with E-state index >= 15 is 0 Å². The number of nitrogens with two attached hydrogens (primary N) is 1. The van der Waals surface area contributed by atoms with E-state index in [0.29, 0.717) is 6.54 Å². The van der Waals surface area contributed by atoms with Crippen molar-refractivity contribution in [3.05, 3.63) is 0 Å². The van der Waals surface area contributed by atoms with Crippen molar-refractivity contribution in [3.63, 3.8) is 0 Å². The Balaban J connectivity index is 2.62. The summed E-state index contributed by atoms with van der Waals surface area (Å²) in [7, 11) is 1.83. The molecular formula is C13H26N2O2. The Morgan fingerprint density at radius 3 is 2.41 bits per heavy atom. The molecule has 1 aliphatic rings. The van der Waals surface area contributed by atoms with E-state index in [9.17, 15) is 4.79 Å². The first-order valence-electron chi connectivity index (χ1n) is 6.32. The van der Waals surface area contributed by atoms with Gasteiger partial charge in [0.25, 0.3) is 0 Å². The molecule has 100 valence electrons. The summed E-state index contributed by atoms with van der Waals surface area (Å²) in [5, 5.41) is 0. The molecule has 0 bridgehead atoms. The van der Waals surface area contributed by atoms with Crippen LogP contribution in [0.15, 0.2) is 0 Å². The van der Waals surface area contributed by atoms with Gasteiger partial charge in [-0.05, 0) is 40.5 Å². The second-order valence-electron chi connectivity index (χ2n) is 6.17. The zero-order valence-corrected chi connectivity index (χ0v) is 11.7. The Kier molecular flexibility index (Phi) is 4.20. The van der Waals surface area contributed by atoms with Gasteiger partial charge in [-0.2, -0.15) is 0 Å². The molecule has 2 N–H and O–H groups in total. The maximum Gasteiger partial charge on any atom is 0.229 e. The lowest BCUT2D eigenvalue weighted by Crippen LogP contribution is -2.56. The van der Waals surface area contributed by atoms with Crippen LogP contribution >= 0.6 is 0 Å². The fourth-order valence-electron chi connectivity index (χ4n) is 1.93. The smallest absolute Gasteiger partial charge is 0.229 e. The van der Waals surface area contributed by atoms with Gasteiger partial charge in [-0.15, -0.1) is 0 Å². The monoisotopic (exact) mass is 242 g/mol. The fourth-order valence-corrected chi connectivity index (χ4v) is 1.93.